The molecule has 1 saturated heterocycles. The molecule has 0 bridgehead atoms. The van der Waals surface area contributed by atoms with E-state index in [0.717, 1.165) is 22.0 Å². The van der Waals surface area contributed by atoms with E-state index in [0.29, 0.717) is 12.8 Å². The lowest BCUT2D eigenvalue weighted by Gasteiger charge is -2.30. The largest absolute Gasteiger partial charge is 0.480 e. The molecule has 3 aromatic rings. The van der Waals surface area contributed by atoms with E-state index in [1.54, 1.807) is 30.5 Å². The first kappa shape index (κ1) is 29.3. The quantitative estimate of drug-likeness (QED) is 0.181. The molecule has 12 nitrogen and oxygen atoms in total. The molecule has 8 N–H and O–H groups in total. The van der Waals surface area contributed by atoms with Crippen LogP contribution in [0, 0.1) is 0 Å². The number of nitrogens with zero attached hydrogens (tertiary/aromatic N) is 1. The summed E-state index contributed by atoms with van der Waals surface area (Å²) in [5, 5.41) is 16.0. The highest BCUT2D eigenvalue weighted by Gasteiger charge is 2.39. The van der Waals surface area contributed by atoms with E-state index in [4.69, 9.17) is 11.5 Å². The van der Waals surface area contributed by atoms with E-state index in [2.05, 4.69) is 15.6 Å². The minimum atomic E-state index is -1.24. The Labute approximate surface area is 236 Å². The van der Waals surface area contributed by atoms with Crippen LogP contribution in [0.25, 0.3) is 10.9 Å². The van der Waals surface area contributed by atoms with Crippen molar-refractivity contribution in [1.29, 1.82) is 0 Å². The predicted octanol–water partition coefficient (Wildman–Crippen LogP) is 0.201. The Bertz CT molecular complexity index is 1420. The summed E-state index contributed by atoms with van der Waals surface area (Å²) in [6.45, 7) is 0.256. The number of hydrogen-bond acceptors (Lipinski definition) is 6. The molecule has 2 heterocycles. The van der Waals surface area contributed by atoms with Crippen molar-refractivity contribution in [2.75, 3.05) is 6.54 Å². The molecule has 0 aliphatic carbocycles. The van der Waals surface area contributed by atoms with Crippen LogP contribution in [0.5, 0.6) is 0 Å². The van der Waals surface area contributed by atoms with Crippen LogP contribution >= 0.6 is 0 Å². The lowest BCUT2D eigenvalue weighted by molar-refractivity contribution is -0.144. The zero-order valence-corrected chi connectivity index (χ0v) is 22.4. The fraction of sp³-hybridized carbons (Fsp3) is 0.345. The number of primary amides is 1. The van der Waals surface area contributed by atoms with Crippen molar-refractivity contribution in [3.63, 3.8) is 0 Å². The Kier molecular flexibility index (Phi) is 9.35. The number of nitrogens with one attached hydrogen (secondary N) is 3. The number of carbonyl (C=O) groups is 5. The maximum Gasteiger partial charge on any atom is 0.326 e. The van der Waals surface area contributed by atoms with Crippen LogP contribution in [0.15, 0.2) is 60.8 Å². The normalized spacial score (nSPS) is 17.0. The van der Waals surface area contributed by atoms with Gasteiger partial charge in [0.05, 0.1) is 12.5 Å². The van der Waals surface area contributed by atoms with Gasteiger partial charge in [0.25, 0.3) is 0 Å². The topological polar surface area (TPSA) is 201 Å². The number of nitrogens with two attached hydrogens (primary N) is 2. The Morgan fingerprint density at radius 3 is 2.39 bits per heavy atom. The number of fused-ring (bicyclic) bond motifs is 1. The first-order valence-corrected chi connectivity index (χ1v) is 13.4. The van der Waals surface area contributed by atoms with Gasteiger partial charge in [0.1, 0.15) is 18.1 Å². The highest BCUT2D eigenvalue weighted by Crippen LogP contribution is 2.22. The molecule has 216 valence electrons. The minimum absolute atomic E-state index is 0.0518. The number of hydrogen-bond donors (Lipinski definition) is 6. The van der Waals surface area contributed by atoms with Gasteiger partial charge in [-0.25, -0.2) is 4.79 Å². The van der Waals surface area contributed by atoms with E-state index in [1.165, 1.54) is 4.90 Å². The SMILES string of the molecule is NC(=O)CC(N)C(=O)NC(Cc1ccccc1)C(=O)N1CCCC1C(=O)NC(Cc1c[nH]c2ccccc12)C(=O)O. The molecule has 4 atom stereocenters. The summed E-state index contributed by atoms with van der Waals surface area (Å²) in [7, 11) is 0. The number of H-pyrrole nitrogens is 1. The number of aromatic nitrogens is 1. The van der Waals surface area contributed by atoms with Crippen LogP contribution in [-0.2, 0) is 36.8 Å². The van der Waals surface area contributed by atoms with Gasteiger partial charge in [0, 0.05) is 36.5 Å². The van der Waals surface area contributed by atoms with Crippen molar-refractivity contribution in [2.24, 2.45) is 11.5 Å². The number of carboxylic acid groups (broad SMARTS) is 1. The summed E-state index contributed by atoms with van der Waals surface area (Å²) < 4.78 is 0. The molecule has 1 aliphatic rings. The van der Waals surface area contributed by atoms with Gasteiger partial charge in [0.15, 0.2) is 0 Å². The van der Waals surface area contributed by atoms with Crippen LogP contribution in [0.4, 0.5) is 0 Å². The fourth-order valence-electron chi connectivity index (χ4n) is 5.13. The Hall–Kier alpha value is -4.71. The van der Waals surface area contributed by atoms with Gasteiger partial charge in [-0.2, -0.15) is 0 Å². The zero-order chi connectivity index (χ0) is 29.5. The van der Waals surface area contributed by atoms with Gasteiger partial charge in [-0.1, -0.05) is 48.5 Å². The number of benzene rings is 2. The Balaban J connectivity index is 1.49. The van der Waals surface area contributed by atoms with Crippen LogP contribution in [-0.4, -0.2) is 75.3 Å². The summed E-state index contributed by atoms with van der Waals surface area (Å²) in [6.07, 6.45) is 2.37. The van der Waals surface area contributed by atoms with Crippen molar-refractivity contribution < 1.29 is 29.1 Å². The second-order valence-electron chi connectivity index (χ2n) is 10.2. The second-order valence-corrected chi connectivity index (χ2v) is 10.2. The molecule has 1 fully saturated rings. The van der Waals surface area contributed by atoms with Crippen LogP contribution in [0.2, 0.25) is 0 Å². The molecule has 0 saturated carbocycles. The van der Waals surface area contributed by atoms with E-state index in [1.807, 2.05) is 30.3 Å². The molecular weight excluding hydrogens is 528 g/mol. The van der Waals surface area contributed by atoms with Gasteiger partial charge >= 0.3 is 5.97 Å². The van der Waals surface area contributed by atoms with Gasteiger partial charge in [-0.3, -0.25) is 19.2 Å². The third-order valence-electron chi connectivity index (χ3n) is 7.21. The summed E-state index contributed by atoms with van der Waals surface area (Å²) in [4.78, 5) is 67.7. The first-order chi connectivity index (χ1) is 19.6. The minimum Gasteiger partial charge on any atom is -0.480 e. The number of rotatable bonds is 12. The highest BCUT2D eigenvalue weighted by atomic mass is 16.4. The third kappa shape index (κ3) is 7.28. The summed E-state index contributed by atoms with van der Waals surface area (Å²) in [6, 6.07) is 12.0. The number of aliphatic carboxylic acids is 1. The third-order valence-corrected chi connectivity index (χ3v) is 7.21. The average molecular weight is 563 g/mol. The predicted molar refractivity (Wildman–Crippen MR) is 150 cm³/mol. The zero-order valence-electron chi connectivity index (χ0n) is 22.4. The van der Waals surface area contributed by atoms with Crippen molar-refractivity contribution in [1.82, 2.24) is 20.5 Å². The van der Waals surface area contributed by atoms with Crippen molar-refractivity contribution >= 4 is 40.5 Å². The monoisotopic (exact) mass is 562 g/mol. The van der Waals surface area contributed by atoms with Crippen molar-refractivity contribution in [3.05, 3.63) is 71.9 Å². The Morgan fingerprint density at radius 2 is 1.68 bits per heavy atom. The smallest absolute Gasteiger partial charge is 0.326 e. The van der Waals surface area contributed by atoms with Gasteiger partial charge in [0.2, 0.25) is 23.6 Å². The molecule has 41 heavy (non-hydrogen) atoms. The molecule has 2 aromatic carbocycles. The highest BCUT2D eigenvalue weighted by molar-refractivity contribution is 5.95. The van der Waals surface area contributed by atoms with E-state index < -0.39 is 53.8 Å². The van der Waals surface area contributed by atoms with Crippen molar-refractivity contribution in [3.8, 4) is 0 Å². The molecule has 1 aromatic heterocycles. The maximum absolute atomic E-state index is 13.7. The molecule has 4 unspecified atom stereocenters. The standard InChI is InChI=1S/C29H34N6O6/c30-20(15-25(31)36)26(37)33-22(13-17-7-2-1-3-8-17)28(39)35-12-6-11-24(35)27(38)34-23(29(40)41)14-18-16-32-21-10-5-4-9-19(18)21/h1-5,7-10,16,20,22-24,32H,6,11-15,30H2,(H2,31,36)(H,33,37)(H,34,38)(H,40,41). The second kappa shape index (κ2) is 13.1. The lowest BCUT2D eigenvalue weighted by Crippen LogP contribution is -2.57. The molecular formula is C29H34N6O6. The van der Waals surface area contributed by atoms with E-state index in [9.17, 15) is 29.1 Å². The van der Waals surface area contributed by atoms with Crippen LogP contribution in [0.3, 0.4) is 0 Å². The van der Waals surface area contributed by atoms with Crippen molar-refractivity contribution in [2.45, 2.75) is 56.3 Å². The summed E-state index contributed by atoms with van der Waals surface area (Å²) >= 11 is 0. The number of aromatic amines is 1. The number of carbonyl (C=O) groups excluding carboxylic acids is 4. The van der Waals surface area contributed by atoms with Gasteiger partial charge < -0.3 is 37.1 Å². The van der Waals surface area contributed by atoms with E-state index in [-0.39, 0.29) is 25.8 Å². The van der Waals surface area contributed by atoms with Crippen LogP contribution < -0.4 is 22.1 Å². The molecule has 0 radical (unpaired) electrons. The maximum atomic E-state index is 13.7. The number of likely N-dealkylation sites (tertiary alicyclic amines) is 1. The summed E-state index contributed by atoms with van der Waals surface area (Å²) in [5.41, 5.74) is 13.3. The van der Waals surface area contributed by atoms with Gasteiger partial charge in [-0.05, 0) is 30.0 Å². The van der Waals surface area contributed by atoms with E-state index >= 15 is 0 Å². The van der Waals surface area contributed by atoms with Crippen LogP contribution in [0.1, 0.15) is 30.4 Å². The molecule has 0 spiro atoms. The fourth-order valence-corrected chi connectivity index (χ4v) is 5.13. The summed E-state index contributed by atoms with van der Waals surface area (Å²) in [5.74, 6) is -3.76. The lowest BCUT2D eigenvalue weighted by atomic mass is 10.0. The number of carboxylic acids is 1. The Morgan fingerprint density at radius 1 is 0.976 bits per heavy atom. The molecule has 4 amide bonds. The molecule has 12 heteroatoms. The average Bonchev–Trinajstić information content (AvgIpc) is 3.60. The molecule has 1 aliphatic heterocycles. The number of para-hydroxylation sites is 1. The molecule has 4 rings (SSSR count). The number of amides is 4. The van der Waals surface area contributed by atoms with Gasteiger partial charge in [-0.15, -0.1) is 0 Å². The first-order valence-electron chi connectivity index (χ1n) is 13.4.